The molecule has 3 N–H and O–H groups in total. The lowest BCUT2D eigenvalue weighted by Gasteiger charge is -2.24. The molecule has 2 aromatic carbocycles. The summed E-state index contributed by atoms with van der Waals surface area (Å²) in [6, 6.07) is 10.2. The maximum absolute atomic E-state index is 5.87. The highest BCUT2D eigenvalue weighted by Crippen LogP contribution is 2.36. The summed E-state index contributed by atoms with van der Waals surface area (Å²) in [5.74, 6) is 6.72. The van der Waals surface area contributed by atoms with Crippen LogP contribution in [0.5, 0.6) is 5.75 Å². The SMILES string of the molecule is COc1cc(C)cc(C)c1C(NN)c1cccc(Br)c1C. The van der Waals surface area contributed by atoms with E-state index < -0.39 is 0 Å². The second-order valence-electron chi connectivity index (χ2n) is 5.25. The van der Waals surface area contributed by atoms with Crippen molar-refractivity contribution in [3.8, 4) is 5.75 Å². The minimum Gasteiger partial charge on any atom is -0.496 e. The Morgan fingerprint density at radius 1 is 1.19 bits per heavy atom. The molecule has 0 heterocycles. The van der Waals surface area contributed by atoms with Crippen molar-refractivity contribution >= 4 is 15.9 Å². The summed E-state index contributed by atoms with van der Waals surface area (Å²) in [6.07, 6.45) is 0. The van der Waals surface area contributed by atoms with E-state index in [4.69, 9.17) is 10.6 Å². The molecule has 0 spiro atoms. The number of methoxy groups -OCH3 is 1. The van der Waals surface area contributed by atoms with E-state index in [2.05, 4.69) is 54.3 Å². The average molecular weight is 349 g/mol. The number of hydrazine groups is 1. The molecule has 3 nitrogen and oxygen atoms in total. The number of benzene rings is 2. The number of hydrogen-bond donors (Lipinski definition) is 2. The lowest BCUT2D eigenvalue weighted by molar-refractivity contribution is 0.403. The fourth-order valence-corrected chi connectivity index (χ4v) is 3.13. The van der Waals surface area contributed by atoms with Gasteiger partial charge in [0, 0.05) is 10.0 Å². The average Bonchev–Trinajstić information content (AvgIpc) is 2.45. The second-order valence-corrected chi connectivity index (χ2v) is 6.11. The summed E-state index contributed by atoms with van der Waals surface area (Å²) in [5, 5.41) is 0. The van der Waals surface area contributed by atoms with Crippen molar-refractivity contribution in [2.45, 2.75) is 26.8 Å². The first-order valence-corrected chi connectivity index (χ1v) is 7.65. The Morgan fingerprint density at radius 2 is 1.90 bits per heavy atom. The van der Waals surface area contributed by atoms with Gasteiger partial charge in [0.05, 0.1) is 13.2 Å². The van der Waals surface area contributed by atoms with Gasteiger partial charge in [-0.15, -0.1) is 0 Å². The quantitative estimate of drug-likeness (QED) is 0.649. The summed E-state index contributed by atoms with van der Waals surface area (Å²) in [4.78, 5) is 0. The Bertz CT molecular complexity index is 655. The summed E-state index contributed by atoms with van der Waals surface area (Å²) < 4.78 is 6.65. The molecule has 0 amide bonds. The molecule has 1 atom stereocenters. The summed E-state index contributed by atoms with van der Waals surface area (Å²) in [7, 11) is 1.69. The molecule has 0 bridgehead atoms. The van der Waals surface area contributed by atoms with Crippen molar-refractivity contribution < 1.29 is 4.74 Å². The smallest absolute Gasteiger partial charge is 0.124 e. The number of halogens is 1. The lowest BCUT2D eigenvalue weighted by atomic mass is 9.91. The van der Waals surface area contributed by atoms with Crippen LogP contribution in [-0.4, -0.2) is 7.11 Å². The molecule has 0 aliphatic heterocycles. The van der Waals surface area contributed by atoms with E-state index in [9.17, 15) is 0 Å². The van der Waals surface area contributed by atoms with Crippen LogP contribution in [0.1, 0.15) is 33.9 Å². The third kappa shape index (κ3) is 3.12. The van der Waals surface area contributed by atoms with Crippen LogP contribution in [0.4, 0.5) is 0 Å². The number of rotatable bonds is 4. The summed E-state index contributed by atoms with van der Waals surface area (Å²) in [6.45, 7) is 6.23. The van der Waals surface area contributed by atoms with Crippen molar-refractivity contribution in [1.82, 2.24) is 5.43 Å². The topological polar surface area (TPSA) is 47.3 Å². The van der Waals surface area contributed by atoms with Crippen LogP contribution in [-0.2, 0) is 0 Å². The van der Waals surface area contributed by atoms with Crippen LogP contribution in [0, 0.1) is 20.8 Å². The molecule has 1 unspecified atom stereocenters. The first-order chi connectivity index (χ1) is 9.99. The van der Waals surface area contributed by atoms with E-state index in [1.54, 1.807) is 7.11 Å². The van der Waals surface area contributed by atoms with E-state index in [1.165, 1.54) is 11.1 Å². The van der Waals surface area contributed by atoms with Gasteiger partial charge in [-0.25, -0.2) is 5.43 Å². The van der Waals surface area contributed by atoms with Gasteiger partial charge in [-0.3, -0.25) is 5.84 Å². The fourth-order valence-electron chi connectivity index (χ4n) is 2.74. The minimum absolute atomic E-state index is 0.113. The predicted molar refractivity (Wildman–Crippen MR) is 90.5 cm³/mol. The van der Waals surface area contributed by atoms with E-state index in [0.29, 0.717) is 0 Å². The number of ether oxygens (including phenoxy) is 1. The van der Waals surface area contributed by atoms with Gasteiger partial charge in [0.1, 0.15) is 5.75 Å². The fraction of sp³-hybridized carbons (Fsp3) is 0.294. The molecule has 0 aromatic heterocycles. The van der Waals surface area contributed by atoms with Crippen LogP contribution >= 0.6 is 15.9 Å². The predicted octanol–water partition coefficient (Wildman–Crippen LogP) is 3.94. The zero-order valence-corrected chi connectivity index (χ0v) is 14.4. The molecule has 4 heteroatoms. The highest BCUT2D eigenvalue weighted by atomic mass is 79.9. The second kappa shape index (κ2) is 6.60. The van der Waals surface area contributed by atoms with Crippen LogP contribution in [0.3, 0.4) is 0 Å². The Morgan fingerprint density at radius 3 is 2.52 bits per heavy atom. The summed E-state index contributed by atoms with van der Waals surface area (Å²) in [5.41, 5.74) is 8.65. The molecule has 0 aliphatic carbocycles. The summed E-state index contributed by atoms with van der Waals surface area (Å²) >= 11 is 3.58. The van der Waals surface area contributed by atoms with Crippen molar-refractivity contribution in [1.29, 1.82) is 0 Å². The monoisotopic (exact) mass is 348 g/mol. The number of hydrogen-bond acceptors (Lipinski definition) is 3. The van der Waals surface area contributed by atoms with Crippen LogP contribution in [0.15, 0.2) is 34.8 Å². The zero-order valence-electron chi connectivity index (χ0n) is 12.8. The zero-order chi connectivity index (χ0) is 15.6. The van der Waals surface area contributed by atoms with Gasteiger partial charge in [0.15, 0.2) is 0 Å². The van der Waals surface area contributed by atoms with E-state index in [-0.39, 0.29) is 6.04 Å². The van der Waals surface area contributed by atoms with Crippen molar-refractivity contribution in [2.24, 2.45) is 5.84 Å². The Hall–Kier alpha value is -1.36. The number of nitrogens with one attached hydrogen (secondary N) is 1. The number of nitrogens with two attached hydrogens (primary N) is 1. The standard InChI is InChI=1S/C17H21BrN2O/c1-10-8-11(2)16(15(9-10)21-4)17(20-19)13-6-5-7-14(18)12(13)3/h5-9,17,20H,19H2,1-4H3. The molecule has 0 radical (unpaired) electrons. The molecule has 2 aromatic rings. The van der Waals surface area contributed by atoms with Gasteiger partial charge in [-0.2, -0.15) is 0 Å². The molecule has 0 saturated carbocycles. The van der Waals surface area contributed by atoms with E-state index in [1.807, 2.05) is 18.2 Å². The Kier molecular flexibility index (Phi) is 5.04. The molecule has 0 saturated heterocycles. The van der Waals surface area contributed by atoms with E-state index in [0.717, 1.165) is 26.9 Å². The maximum atomic E-state index is 5.87. The highest BCUT2D eigenvalue weighted by Gasteiger charge is 2.21. The van der Waals surface area contributed by atoms with Crippen molar-refractivity contribution in [3.63, 3.8) is 0 Å². The van der Waals surface area contributed by atoms with Gasteiger partial charge in [0.25, 0.3) is 0 Å². The van der Waals surface area contributed by atoms with Crippen molar-refractivity contribution in [2.75, 3.05) is 7.11 Å². The molecule has 0 fully saturated rings. The van der Waals surface area contributed by atoms with Crippen LogP contribution in [0.2, 0.25) is 0 Å². The first-order valence-electron chi connectivity index (χ1n) is 6.85. The molecular formula is C17H21BrN2O. The first kappa shape index (κ1) is 16.0. The van der Waals surface area contributed by atoms with Gasteiger partial charge in [-0.05, 0) is 55.2 Å². The third-order valence-corrected chi connectivity index (χ3v) is 4.65. The van der Waals surface area contributed by atoms with Gasteiger partial charge < -0.3 is 4.74 Å². The molecule has 2 rings (SSSR count). The van der Waals surface area contributed by atoms with Crippen LogP contribution in [0.25, 0.3) is 0 Å². The number of aryl methyl sites for hydroxylation is 2. The van der Waals surface area contributed by atoms with Gasteiger partial charge in [0.2, 0.25) is 0 Å². The van der Waals surface area contributed by atoms with Gasteiger partial charge in [-0.1, -0.05) is 34.1 Å². The van der Waals surface area contributed by atoms with Crippen molar-refractivity contribution in [3.05, 3.63) is 62.6 Å². The Labute approximate surface area is 134 Å². The van der Waals surface area contributed by atoms with Crippen LogP contribution < -0.4 is 16.0 Å². The maximum Gasteiger partial charge on any atom is 0.124 e. The molecule has 112 valence electrons. The Balaban J connectivity index is 2.64. The third-order valence-electron chi connectivity index (χ3n) is 3.79. The molecular weight excluding hydrogens is 328 g/mol. The lowest BCUT2D eigenvalue weighted by Crippen LogP contribution is -2.30. The normalized spacial score (nSPS) is 12.3. The molecule has 0 aliphatic rings. The molecule has 21 heavy (non-hydrogen) atoms. The minimum atomic E-state index is -0.113. The van der Waals surface area contributed by atoms with Gasteiger partial charge >= 0.3 is 0 Å². The van der Waals surface area contributed by atoms with E-state index >= 15 is 0 Å². The highest BCUT2D eigenvalue weighted by molar-refractivity contribution is 9.10. The largest absolute Gasteiger partial charge is 0.496 e.